The highest BCUT2D eigenvalue weighted by molar-refractivity contribution is 9.10. The number of halogens is 1. The van der Waals surface area contributed by atoms with E-state index in [0.29, 0.717) is 31.6 Å². The number of likely N-dealkylation sites (tertiary alicyclic amines) is 1. The molecule has 2 amide bonds. The van der Waals surface area contributed by atoms with Crippen LogP contribution in [0.4, 0.5) is 10.5 Å². The zero-order valence-electron chi connectivity index (χ0n) is 14.1. The van der Waals surface area contributed by atoms with E-state index in [2.05, 4.69) is 21.2 Å². The first kappa shape index (κ1) is 18.6. The van der Waals surface area contributed by atoms with Gasteiger partial charge in [-0.05, 0) is 51.8 Å². The highest BCUT2D eigenvalue weighted by Crippen LogP contribution is 2.28. The third-order valence-electron chi connectivity index (χ3n) is 3.74. The zero-order valence-corrected chi connectivity index (χ0v) is 15.7. The lowest BCUT2D eigenvalue weighted by molar-refractivity contribution is -0.121. The summed E-state index contributed by atoms with van der Waals surface area (Å²) in [6.45, 7) is 6.46. The Morgan fingerprint density at radius 2 is 1.92 bits per heavy atom. The van der Waals surface area contributed by atoms with Gasteiger partial charge in [0.25, 0.3) is 0 Å². The first-order valence-corrected chi connectivity index (χ1v) is 8.72. The highest BCUT2D eigenvalue weighted by atomic mass is 79.9. The lowest BCUT2D eigenvalue weighted by atomic mass is 9.96. The Morgan fingerprint density at radius 3 is 2.46 bits per heavy atom. The normalized spacial score (nSPS) is 15.9. The maximum Gasteiger partial charge on any atom is 0.410 e. The van der Waals surface area contributed by atoms with Crippen LogP contribution >= 0.6 is 15.9 Å². The Bertz CT molecular complexity index is 620. The Morgan fingerprint density at radius 1 is 1.29 bits per heavy atom. The van der Waals surface area contributed by atoms with Crippen molar-refractivity contribution in [1.82, 2.24) is 4.90 Å². The van der Waals surface area contributed by atoms with Crippen LogP contribution in [0.2, 0.25) is 0 Å². The van der Waals surface area contributed by atoms with E-state index in [-0.39, 0.29) is 23.7 Å². The third kappa shape index (κ3) is 5.12. The van der Waals surface area contributed by atoms with Gasteiger partial charge in [0, 0.05) is 23.5 Å². The number of phenols is 1. The minimum absolute atomic E-state index is 0.0175. The van der Waals surface area contributed by atoms with Gasteiger partial charge in [-0.1, -0.05) is 15.9 Å². The summed E-state index contributed by atoms with van der Waals surface area (Å²) in [4.78, 5) is 26.0. The Hall–Kier alpha value is -1.76. The van der Waals surface area contributed by atoms with Gasteiger partial charge in [0.2, 0.25) is 5.91 Å². The first-order chi connectivity index (χ1) is 11.2. The number of benzene rings is 1. The fourth-order valence-electron chi connectivity index (χ4n) is 2.50. The lowest BCUT2D eigenvalue weighted by Crippen LogP contribution is -2.43. The molecule has 7 heteroatoms. The molecule has 0 saturated carbocycles. The number of phenolic OH excluding ortho intramolecular Hbond substituents is 1. The molecular weight excluding hydrogens is 376 g/mol. The molecule has 0 aliphatic carbocycles. The number of anilines is 1. The fourth-order valence-corrected chi connectivity index (χ4v) is 2.85. The number of rotatable bonds is 2. The maximum atomic E-state index is 12.3. The van der Waals surface area contributed by atoms with Crippen LogP contribution in [0, 0.1) is 5.92 Å². The molecule has 1 fully saturated rings. The van der Waals surface area contributed by atoms with Crippen LogP contribution in [-0.2, 0) is 9.53 Å². The van der Waals surface area contributed by atoms with Crippen molar-refractivity contribution in [2.24, 2.45) is 5.92 Å². The first-order valence-electron chi connectivity index (χ1n) is 7.93. The van der Waals surface area contributed by atoms with Crippen molar-refractivity contribution >= 4 is 33.6 Å². The molecule has 0 radical (unpaired) electrons. The largest absolute Gasteiger partial charge is 0.506 e. The molecule has 2 N–H and O–H groups in total. The third-order valence-corrected chi connectivity index (χ3v) is 4.23. The van der Waals surface area contributed by atoms with E-state index in [4.69, 9.17) is 4.74 Å². The van der Waals surface area contributed by atoms with Gasteiger partial charge in [0.05, 0.1) is 5.69 Å². The summed E-state index contributed by atoms with van der Waals surface area (Å²) in [5.74, 6) is -0.313. The molecule has 24 heavy (non-hydrogen) atoms. The number of amides is 2. The minimum atomic E-state index is -0.523. The molecule has 0 atom stereocenters. The van der Waals surface area contributed by atoms with E-state index < -0.39 is 5.60 Å². The smallest absolute Gasteiger partial charge is 0.410 e. The molecule has 1 aliphatic rings. The van der Waals surface area contributed by atoms with Crippen molar-refractivity contribution in [3.8, 4) is 5.75 Å². The predicted molar refractivity (Wildman–Crippen MR) is 95.0 cm³/mol. The molecule has 1 heterocycles. The van der Waals surface area contributed by atoms with E-state index in [1.165, 1.54) is 6.07 Å². The molecule has 0 bridgehead atoms. The number of nitrogens with one attached hydrogen (secondary N) is 1. The number of hydrogen-bond acceptors (Lipinski definition) is 4. The van der Waals surface area contributed by atoms with E-state index in [9.17, 15) is 14.7 Å². The predicted octanol–water partition coefficient (Wildman–Crippen LogP) is 3.74. The maximum absolute atomic E-state index is 12.3. The van der Waals surface area contributed by atoms with Crippen LogP contribution in [0.25, 0.3) is 0 Å². The van der Waals surface area contributed by atoms with Crippen molar-refractivity contribution < 1.29 is 19.4 Å². The summed E-state index contributed by atoms with van der Waals surface area (Å²) in [5.41, 5.74) is -0.137. The molecule has 2 rings (SSSR count). The van der Waals surface area contributed by atoms with E-state index in [1.807, 2.05) is 20.8 Å². The standard InChI is InChI=1S/C17H23BrN2O4/c1-17(2,3)24-16(23)20-8-6-11(7-9-20)15(22)19-13-5-4-12(18)10-14(13)21/h4-5,10-11,21H,6-9H2,1-3H3,(H,19,22). The summed E-state index contributed by atoms with van der Waals surface area (Å²) >= 11 is 3.26. The second-order valence-electron chi connectivity index (χ2n) is 6.89. The molecule has 0 spiro atoms. The van der Waals surface area contributed by atoms with Crippen molar-refractivity contribution in [3.63, 3.8) is 0 Å². The van der Waals surface area contributed by atoms with Gasteiger partial charge < -0.3 is 20.1 Å². The van der Waals surface area contributed by atoms with Crippen LogP contribution in [0.15, 0.2) is 22.7 Å². The van der Waals surface area contributed by atoms with Gasteiger partial charge in [-0.3, -0.25) is 4.79 Å². The van der Waals surface area contributed by atoms with Gasteiger partial charge in [-0.2, -0.15) is 0 Å². The fraction of sp³-hybridized carbons (Fsp3) is 0.529. The molecule has 1 aromatic rings. The summed E-state index contributed by atoms with van der Waals surface area (Å²) < 4.78 is 6.08. The highest BCUT2D eigenvalue weighted by Gasteiger charge is 2.30. The molecular formula is C17H23BrN2O4. The summed E-state index contributed by atoms with van der Waals surface area (Å²) in [6.07, 6.45) is 0.803. The lowest BCUT2D eigenvalue weighted by Gasteiger charge is -2.32. The summed E-state index contributed by atoms with van der Waals surface area (Å²) in [7, 11) is 0. The number of piperidine rings is 1. The van der Waals surface area contributed by atoms with Crippen molar-refractivity contribution in [3.05, 3.63) is 22.7 Å². The van der Waals surface area contributed by atoms with Crippen LogP contribution < -0.4 is 5.32 Å². The summed E-state index contributed by atoms with van der Waals surface area (Å²) in [6, 6.07) is 4.92. The van der Waals surface area contributed by atoms with Crippen molar-refractivity contribution in [1.29, 1.82) is 0 Å². The van der Waals surface area contributed by atoms with E-state index in [1.54, 1.807) is 17.0 Å². The Labute approximate surface area is 150 Å². The number of ether oxygens (including phenoxy) is 1. The van der Waals surface area contributed by atoms with Gasteiger partial charge >= 0.3 is 6.09 Å². The SMILES string of the molecule is CC(C)(C)OC(=O)N1CCC(C(=O)Nc2ccc(Br)cc2O)CC1. The average Bonchev–Trinajstić information content (AvgIpc) is 2.48. The van der Waals surface area contributed by atoms with Crippen LogP contribution in [0.5, 0.6) is 5.75 Å². The quantitative estimate of drug-likeness (QED) is 0.743. The zero-order chi connectivity index (χ0) is 17.9. The molecule has 1 aromatic carbocycles. The Balaban J connectivity index is 1.87. The molecule has 0 unspecified atom stereocenters. The van der Waals surface area contributed by atoms with Crippen LogP contribution in [0.1, 0.15) is 33.6 Å². The van der Waals surface area contributed by atoms with Crippen LogP contribution in [0.3, 0.4) is 0 Å². The van der Waals surface area contributed by atoms with Gasteiger partial charge in [-0.15, -0.1) is 0 Å². The summed E-state index contributed by atoms with van der Waals surface area (Å²) in [5, 5.41) is 12.6. The second-order valence-corrected chi connectivity index (χ2v) is 7.81. The second kappa shape index (κ2) is 7.42. The van der Waals surface area contributed by atoms with E-state index in [0.717, 1.165) is 4.47 Å². The van der Waals surface area contributed by atoms with Gasteiger partial charge in [0.1, 0.15) is 11.4 Å². The van der Waals surface area contributed by atoms with Crippen LogP contribution in [-0.4, -0.2) is 40.7 Å². The van der Waals surface area contributed by atoms with Gasteiger partial charge in [0.15, 0.2) is 0 Å². The number of hydrogen-bond donors (Lipinski definition) is 2. The van der Waals surface area contributed by atoms with Crippen molar-refractivity contribution in [2.45, 2.75) is 39.2 Å². The average molecular weight is 399 g/mol. The van der Waals surface area contributed by atoms with Crippen molar-refractivity contribution in [2.75, 3.05) is 18.4 Å². The number of nitrogens with zero attached hydrogens (tertiary/aromatic N) is 1. The topological polar surface area (TPSA) is 78.9 Å². The number of carbonyl (C=O) groups is 2. The molecule has 0 aromatic heterocycles. The molecule has 132 valence electrons. The van der Waals surface area contributed by atoms with E-state index >= 15 is 0 Å². The Kier molecular flexibility index (Phi) is 5.74. The number of aromatic hydroxyl groups is 1. The monoisotopic (exact) mass is 398 g/mol. The number of carbonyl (C=O) groups excluding carboxylic acids is 2. The molecule has 1 aliphatic heterocycles. The minimum Gasteiger partial charge on any atom is -0.506 e. The van der Waals surface area contributed by atoms with Gasteiger partial charge in [-0.25, -0.2) is 4.79 Å². The molecule has 1 saturated heterocycles. The molecule has 6 nitrogen and oxygen atoms in total.